The van der Waals surface area contributed by atoms with E-state index in [2.05, 4.69) is 0 Å². The topological polar surface area (TPSA) is 49.9 Å². The zero-order valence-electron chi connectivity index (χ0n) is 14.5. The third-order valence-electron chi connectivity index (χ3n) is 4.43. The maximum atomic E-state index is 12.6. The number of nitrogens with zero attached hydrogens (tertiary/aromatic N) is 2. The lowest BCUT2D eigenvalue weighted by Crippen LogP contribution is -2.50. The highest BCUT2D eigenvalue weighted by molar-refractivity contribution is 7.12. The van der Waals surface area contributed by atoms with Crippen LogP contribution in [0.1, 0.15) is 20.8 Å². The van der Waals surface area contributed by atoms with Gasteiger partial charge in [-0.1, -0.05) is 23.8 Å². The first-order valence-electron chi connectivity index (χ1n) is 8.32. The van der Waals surface area contributed by atoms with Gasteiger partial charge < -0.3 is 14.5 Å². The molecule has 1 saturated heterocycles. The second-order valence-corrected chi connectivity index (χ2v) is 7.09. The van der Waals surface area contributed by atoms with Gasteiger partial charge in [-0.25, -0.2) is 0 Å². The first-order chi connectivity index (χ1) is 12.1. The number of hydrogen-bond acceptors (Lipinski definition) is 4. The largest absolute Gasteiger partial charge is 0.496 e. The highest BCUT2D eigenvalue weighted by Gasteiger charge is 2.25. The van der Waals surface area contributed by atoms with Crippen LogP contribution in [0.2, 0.25) is 0 Å². The Bertz CT molecular complexity index is 750. The molecule has 0 spiro atoms. The van der Waals surface area contributed by atoms with Gasteiger partial charge in [0, 0.05) is 31.7 Å². The summed E-state index contributed by atoms with van der Waals surface area (Å²) in [6.07, 6.45) is 0.323. The van der Waals surface area contributed by atoms with Gasteiger partial charge in [0.25, 0.3) is 5.91 Å². The molecular weight excluding hydrogens is 336 g/mol. The van der Waals surface area contributed by atoms with Crippen molar-refractivity contribution in [1.82, 2.24) is 9.80 Å². The fourth-order valence-corrected chi connectivity index (χ4v) is 3.73. The van der Waals surface area contributed by atoms with E-state index in [1.165, 1.54) is 11.3 Å². The number of carbonyl (C=O) groups is 2. The molecule has 0 atom stereocenters. The van der Waals surface area contributed by atoms with Gasteiger partial charge in [0.2, 0.25) is 5.91 Å². The third kappa shape index (κ3) is 4.02. The van der Waals surface area contributed by atoms with E-state index in [-0.39, 0.29) is 11.8 Å². The Balaban J connectivity index is 1.59. The summed E-state index contributed by atoms with van der Waals surface area (Å²) >= 11 is 1.45. The van der Waals surface area contributed by atoms with E-state index >= 15 is 0 Å². The van der Waals surface area contributed by atoms with Crippen LogP contribution in [-0.2, 0) is 11.2 Å². The molecule has 2 amide bonds. The number of amides is 2. The van der Waals surface area contributed by atoms with Crippen molar-refractivity contribution >= 4 is 23.2 Å². The van der Waals surface area contributed by atoms with Gasteiger partial charge in [0.15, 0.2) is 0 Å². The SMILES string of the molecule is COc1ccc(C)cc1CC(=O)N1CCN(C(=O)c2cccs2)CC1. The van der Waals surface area contributed by atoms with Crippen molar-refractivity contribution < 1.29 is 14.3 Å². The number of ether oxygens (including phenoxy) is 1. The Morgan fingerprint density at radius 1 is 1.12 bits per heavy atom. The van der Waals surface area contributed by atoms with Gasteiger partial charge >= 0.3 is 0 Å². The fraction of sp³-hybridized carbons (Fsp3) is 0.368. The fourth-order valence-electron chi connectivity index (χ4n) is 3.04. The Hall–Kier alpha value is -2.34. The molecule has 6 heteroatoms. The predicted molar refractivity (Wildman–Crippen MR) is 98.2 cm³/mol. The van der Waals surface area contributed by atoms with E-state index in [4.69, 9.17) is 4.74 Å². The highest BCUT2D eigenvalue weighted by Crippen LogP contribution is 2.21. The molecule has 1 fully saturated rings. The number of hydrogen-bond donors (Lipinski definition) is 0. The molecule has 1 aromatic carbocycles. The minimum absolute atomic E-state index is 0.0578. The molecule has 25 heavy (non-hydrogen) atoms. The van der Waals surface area contributed by atoms with Crippen molar-refractivity contribution in [2.24, 2.45) is 0 Å². The number of aryl methyl sites for hydroxylation is 1. The molecule has 2 heterocycles. The van der Waals surface area contributed by atoms with Crippen LogP contribution in [0.15, 0.2) is 35.7 Å². The van der Waals surface area contributed by atoms with E-state index in [0.717, 1.165) is 21.8 Å². The standard InChI is InChI=1S/C19H22N2O3S/c1-14-5-6-16(24-2)15(12-14)13-18(22)20-7-9-21(10-8-20)19(23)17-4-3-11-25-17/h3-6,11-12H,7-10,13H2,1-2H3. The first-order valence-corrected chi connectivity index (χ1v) is 9.20. The maximum Gasteiger partial charge on any atom is 0.264 e. The van der Waals surface area contributed by atoms with Crippen LogP contribution in [0.3, 0.4) is 0 Å². The minimum atomic E-state index is 0.0578. The van der Waals surface area contributed by atoms with E-state index in [1.807, 2.05) is 52.4 Å². The van der Waals surface area contributed by atoms with Crippen LogP contribution in [0.4, 0.5) is 0 Å². The van der Waals surface area contributed by atoms with Crippen molar-refractivity contribution in [1.29, 1.82) is 0 Å². The van der Waals surface area contributed by atoms with Crippen molar-refractivity contribution in [3.05, 3.63) is 51.7 Å². The Kier molecular flexibility index (Phi) is 5.38. The van der Waals surface area contributed by atoms with E-state index < -0.39 is 0 Å². The average molecular weight is 358 g/mol. The summed E-state index contributed by atoms with van der Waals surface area (Å²) < 4.78 is 5.36. The smallest absolute Gasteiger partial charge is 0.264 e. The second-order valence-electron chi connectivity index (χ2n) is 6.14. The maximum absolute atomic E-state index is 12.6. The van der Waals surface area contributed by atoms with Crippen LogP contribution in [0.25, 0.3) is 0 Å². The zero-order valence-corrected chi connectivity index (χ0v) is 15.3. The average Bonchev–Trinajstić information content (AvgIpc) is 3.16. The minimum Gasteiger partial charge on any atom is -0.496 e. The van der Waals surface area contributed by atoms with Gasteiger partial charge in [0.05, 0.1) is 18.4 Å². The lowest BCUT2D eigenvalue weighted by Gasteiger charge is -2.34. The zero-order chi connectivity index (χ0) is 17.8. The number of rotatable bonds is 4. The molecule has 0 radical (unpaired) electrons. The van der Waals surface area contributed by atoms with Gasteiger partial charge in [-0.2, -0.15) is 0 Å². The van der Waals surface area contributed by atoms with Crippen molar-refractivity contribution in [3.8, 4) is 5.75 Å². The van der Waals surface area contributed by atoms with Crippen LogP contribution >= 0.6 is 11.3 Å². The summed E-state index contributed by atoms with van der Waals surface area (Å²) in [5.41, 5.74) is 2.01. The molecule has 2 aromatic rings. The number of methoxy groups -OCH3 is 1. The molecule has 1 aliphatic heterocycles. The lowest BCUT2D eigenvalue weighted by atomic mass is 10.1. The Labute approximate surface area is 151 Å². The van der Waals surface area contributed by atoms with Gasteiger partial charge in [-0.15, -0.1) is 11.3 Å². The lowest BCUT2D eigenvalue weighted by molar-refractivity contribution is -0.131. The van der Waals surface area contributed by atoms with Crippen LogP contribution < -0.4 is 4.74 Å². The molecule has 132 valence electrons. The van der Waals surface area contributed by atoms with E-state index in [0.29, 0.717) is 32.6 Å². The molecule has 0 saturated carbocycles. The van der Waals surface area contributed by atoms with Crippen molar-refractivity contribution in [3.63, 3.8) is 0 Å². The molecule has 1 aromatic heterocycles. The van der Waals surface area contributed by atoms with Crippen LogP contribution in [0.5, 0.6) is 5.75 Å². The Morgan fingerprint density at radius 2 is 1.84 bits per heavy atom. The molecule has 1 aliphatic rings. The predicted octanol–water partition coefficient (Wildman–Crippen LogP) is 2.59. The molecule has 0 N–H and O–H groups in total. The summed E-state index contributed by atoms with van der Waals surface area (Å²) in [6.45, 7) is 4.30. The normalized spacial score (nSPS) is 14.5. The van der Waals surface area contributed by atoms with Crippen molar-refractivity contribution in [2.75, 3.05) is 33.3 Å². The second kappa shape index (κ2) is 7.70. The number of thiophene rings is 1. The van der Waals surface area contributed by atoms with Gasteiger partial charge in [-0.05, 0) is 24.4 Å². The highest BCUT2D eigenvalue weighted by atomic mass is 32.1. The molecule has 5 nitrogen and oxygen atoms in total. The molecule has 0 unspecified atom stereocenters. The van der Waals surface area contributed by atoms with Crippen molar-refractivity contribution in [2.45, 2.75) is 13.3 Å². The Morgan fingerprint density at radius 3 is 2.48 bits per heavy atom. The number of carbonyl (C=O) groups excluding carboxylic acids is 2. The summed E-state index contributed by atoms with van der Waals surface area (Å²) in [5.74, 6) is 0.875. The first kappa shape index (κ1) is 17.5. The summed E-state index contributed by atoms with van der Waals surface area (Å²) in [4.78, 5) is 29.4. The summed E-state index contributed by atoms with van der Waals surface area (Å²) in [5, 5.41) is 1.91. The quantitative estimate of drug-likeness (QED) is 0.844. The molecule has 0 aliphatic carbocycles. The summed E-state index contributed by atoms with van der Waals surface area (Å²) in [6, 6.07) is 9.59. The third-order valence-corrected chi connectivity index (χ3v) is 5.29. The van der Waals surface area contributed by atoms with E-state index in [1.54, 1.807) is 7.11 Å². The van der Waals surface area contributed by atoms with Crippen LogP contribution in [0, 0.1) is 6.92 Å². The molecular formula is C19H22N2O3S. The van der Waals surface area contributed by atoms with Crippen LogP contribution in [-0.4, -0.2) is 54.9 Å². The van der Waals surface area contributed by atoms with E-state index in [9.17, 15) is 9.59 Å². The molecule has 0 bridgehead atoms. The molecule has 3 rings (SSSR count). The summed E-state index contributed by atoms with van der Waals surface area (Å²) in [7, 11) is 1.62. The number of benzene rings is 1. The number of piperazine rings is 1. The van der Waals surface area contributed by atoms with Gasteiger partial charge in [-0.3, -0.25) is 9.59 Å². The van der Waals surface area contributed by atoms with Gasteiger partial charge in [0.1, 0.15) is 5.75 Å². The monoisotopic (exact) mass is 358 g/mol.